The number of nitrogens with one attached hydrogen (secondary N) is 1. The van der Waals surface area contributed by atoms with Crippen LogP contribution >= 0.6 is 0 Å². The summed E-state index contributed by atoms with van der Waals surface area (Å²) in [5.41, 5.74) is 0. The lowest BCUT2D eigenvalue weighted by atomic mass is 10.0. The van der Waals surface area contributed by atoms with Gasteiger partial charge in [0, 0.05) is 5.92 Å². The lowest BCUT2D eigenvalue weighted by Gasteiger charge is -2.08. The van der Waals surface area contributed by atoms with Crippen molar-refractivity contribution < 1.29 is 4.79 Å². The largest absolute Gasteiger partial charge is 0.333 e. The minimum atomic E-state index is 0.0833. The van der Waals surface area contributed by atoms with Gasteiger partial charge in [0.05, 0.1) is 0 Å². The Kier molecular flexibility index (Phi) is 4.63. The second-order valence-electron chi connectivity index (χ2n) is 2.23. The molecule has 2 nitrogen and oxygen atoms in total. The summed E-state index contributed by atoms with van der Waals surface area (Å²) in [6.45, 7) is 7.44. The molecule has 0 aromatic rings. The summed E-state index contributed by atoms with van der Waals surface area (Å²) >= 11 is 0. The molecule has 0 saturated heterocycles. The van der Waals surface area contributed by atoms with Gasteiger partial charge >= 0.3 is 0 Å². The number of hydrogen-bond donors (Lipinski definition) is 1. The first-order valence-corrected chi connectivity index (χ1v) is 3.67. The zero-order chi connectivity index (χ0) is 7.98. The highest BCUT2D eigenvalue weighted by Gasteiger charge is 2.11. The third kappa shape index (κ3) is 2.67. The van der Waals surface area contributed by atoms with Crippen LogP contribution < -0.4 is 5.32 Å². The number of hydrogen-bond acceptors (Lipinski definition) is 1. The van der Waals surface area contributed by atoms with E-state index in [1.165, 1.54) is 6.20 Å². The molecule has 0 saturated carbocycles. The van der Waals surface area contributed by atoms with Crippen molar-refractivity contribution in [2.24, 2.45) is 5.92 Å². The maximum absolute atomic E-state index is 11.0. The summed E-state index contributed by atoms with van der Waals surface area (Å²) in [4.78, 5) is 11.0. The average molecular weight is 141 g/mol. The Balaban J connectivity index is 3.76. The summed E-state index contributed by atoms with van der Waals surface area (Å²) in [6, 6.07) is 0. The van der Waals surface area contributed by atoms with Gasteiger partial charge in [0.15, 0.2) is 0 Å². The van der Waals surface area contributed by atoms with Crippen LogP contribution in [-0.4, -0.2) is 5.91 Å². The quantitative estimate of drug-likeness (QED) is 0.634. The van der Waals surface area contributed by atoms with Crippen LogP contribution in [0.2, 0.25) is 0 Å². The molecule has 0 aromatic heterocycles. The molecule has 0 aromatic carbocycles. The van der Waals surface area contributed by atoms with Crippen LogP contribution in [-0.2, 0) is 4.79 Å². The molecule has 0 fully saturated rings. The van der Waals surface area contributed by atoms with Crippen LogP contribution in [0.15, 0.2) is 12.8 Å². The van der Waals surface area contributed by atoms with Gasteiger partial charge < -0.3 is 5.32 Å². The molecule has 0 heterocycles. The Hall–Kier alpha value is -0.790. The molecule has 10 heavy (non-hydrogen) atoms. The van der Waals surface area contributed by atoms with Crippen molar-refractivity contribution in [3.63, 3.8) is 0 Å². The first kappa shape index (κ1) is 9.21. The van der Waals surface area contributed by atoms with Gasteiger partial charge in [0.25, 0.3) is 0 Å². The van der Waals surface area contributed by atoms with E-state index < -0.39 is 0 Å². The molecule has 0 unspecified atom stereocenters. The molecule has 0 radical (unpaired) electrons. The van der Waals surface area contributed by atoms with Crippen molar-refractivity contribution in [1.82, 2.24) is 5.32 Å². The van der Waals surface area contributed by atoms with Crippen LogP contribution in [0.5, 0.6) is 0 Å². The predicted molar refractivity (Wildman–Crippen MR) is 42.4 cm³/mol. The van der Waals surface area contributed by atoms with Crippen LogP contribution in [0.1, 0.15) is 26.7 Å². The second kappa shape index (κ2) is 5.03. The van der Waals surface area contributed by atoms with Gasteiger partial charge in [0.1, 0.15) is 0 Å². The van der Waals surface area contributed by atoms with Crippen LogP contribution in [0.3, 0.4) is 0 Å². The number of amides is 1. The Morgan fingerprint density at radius 2 is 2.10 bits per heavy atom. The van der Waals surface area contributed by atoms with E-state index in [-0.39, 0.29) is 11.8 Å². The monoisotopic (exact) mass is 141 g/mol. The molecule has 2 heteroatoms. The van der Waals surface area contributed by atoms with Gasteiger partial charge in [-0.3, -0.25) is 4.79 Å². The molecule has 0 aliphatic rings. The molecule has 0 bridgehead atoms. The summed E-state index contributed by atoms with van der Waals surface area (Å²) in [7, 11) is 0. The smallest absolute Gasteiger partial charge is 0.226 e. The van der Waals surface area contributed by atoms with E-state index in [4.69, 9.17) is 0 Å². The highest BCUT2D eigenvalue weighted by atomic mass is 16.1. The molecular weight excluding hydrogens is 126 g/mol. The summed E-state index contributed by atoms with van der Waals surface area (Å²) in [5.74, 6) is 0.234. The number of rotatable bonds is 4. The molecule has 1 N–H and O–H groups in total. The molecule has 0 rings (SSSR count). The van der Waals surface area contributed by atoms with Gasteiger partial charge in [-0.15, -0.1) is 0 Å². The van der Waals surface area contributed by atoms with E-state index in [0.717, 1.165) is 12.8 Å². The normalized spacial score (nSPS) is 9.50. The maximum Gasteiger partial charge on any atom is 0.226 e. The molecular formula is C8H15NO. The molecule has 0 aliphatic carbocycles. The van der Waals surface area contributed by atoms with Crippen molar-refractivity contribution in [3.8, 4) is 0 Å². The van der Waals surface area contributed by atoms with Gasteiger partial charge in [-0.2, -0.15) is 0 Å². The van der Waals surface area contributed by atoms with Gasteiger partial charge in [-0.1, -0.05) is 20.4 Å². The second-order valence-corrected chi connectivity index (χ2v) is 2.23. The lowest BCUT2D eigenvalue weighted by Crippen LogP contribution is -2.25. The average Bonchev–Trinajstić information content (AvgIpc) is 1.91. The van der Waals surface area contributed by atoms with Crippen LogP contribution in [0, 0.1) is 5.92 Å². The topological polar surface area (TPSA) is 29.1 Å². The fourth-order valence-electron chi connectivity index (χ4n) is 0.878. The van der Waals surface area contributed by atoms with Crippen molar-refractivity contribution >= 4 is 5.91 Å². The summed E-state index contributed by atoms with van der Waals surface area (Å²) < 4.78 is 0. The Morgan fingerprint density at radius 3 is 2.40 bits per heavy atom. The summed E-state index contributed by atoms with van der Waals surface area (Å²) in [6.07, 6.45) is 3.23. The van der Waals surface area contributed by atoms with Crippen molar-refractivity contribution in [2.75, 3.05) is 0 Å². The fourth-order valence-corrected chi connectivity index (χ4v) is 0.878. The molecule has 1 amide bonds. The third-order valence-corrected chi connectivity index (χ3v) is 1.60. The molecule has 0 aliphatic heterocycles. The minimum Gasteiger partial charge on any atom is -0.333 e. The maximum atomic E-state index is 11.0. The Morgan fingerprint density at radius 1 is 1.60 bits per heavy atom. The number of carbonyl (C=O) groups is 1. The van der Waals surface area contributed by atoms with E-state index in [2.05, 4.69) is 11.9 Å². The lowest BCUT2D eigenvalue weighted by molar-refractivity contribution is -0.124. The molecule has 58 valence electrons. The first-order chi connectivity index (χ1) is 4.76. The van der Waals surface area contributed by atoms with Crippen molar-refractivity contribution in [2.45, 2.75) is 26.7 Å². The molecule has 0 atom stereocenters. The van der Waals surface area contributed by atoms with Crippen LogP contribution in [0.25, 0.3) is 0 Å². The van der Waals surface area contributed by atoms with E-state index in [1.807, 2.05) is 13.8 Å². The highest BCUT2D eigenvalue weighted by Crippen LogP contribution is 2.06. The van der Waals surface area contributed by atoms with Crippen molar-refractivity contribution in [3.05, 3.63) is 12.8 Å². The highest BCUT2D eigenvalue weighted by molar-refractivity contribution is 5.79. The van der Waals surface area contributed by atoms with Crippen molar-refractivity contribution in [1.29, 1.82) is 0 Å². The predicted octanol–water partition coefficient (Wildman–Crippen LogP) is 1.68. The van der Waals surface area contributed by atoms with E-state index in [1.54, 1.807) is 0 Å². The SMILES string of the molecule is C=CNC(=O)C(CC)CC. The third-order valence-electron chi connectivity index (χ3n) is 1.60. The fraction of sp³-hybridized carbons (Fsp3) is 0.625. The van der Waals surface area contributed by atoms with Gasteiger partial charge in [-0.25, -0.2) is 0 Å². The minimum absolute atomic E-state index is 0.0833. The Bertz CT molecular complexity index is 116. The Labute approximate surface area is 62.3 Å². The number of carbonyl (C=O) groups excluding carboxylic acids is 1. The first-order valence-electron chi connectivity index (χ1n) is 3.67. The van der Waals surface area contributed by atoms with Crippen LogP contribution in [0.4, 0.5) is 0 Å². The van der Waals surface area contributed by atoms with E-state index in [0.29, 0.717) is 0 Å². The standard InChI is InChI=1S/C8H15NO/c1-4-7(5-2)8(10)9-6-3/h6-7H,3-5H2,1-2H3,(H,9,10). The van der Waals surface area contributed by atoms with E-state index >= 15 is 0 Å². The zero-order valence-electron chi connectivity index (χ0n) is 6.68. The molecule has 0 spiro atoms. The zero-order valence-corrected chi connectivity index (χ0v) is 6.68. The van der Waals surface area contributed by atoms with Gasteiger partial charge in [-0.05, 0) is 19.0 Å². The summed E-state index contributed by atoms with van der Waals surface area (Å²) in [5, 5.41) is 2.57. The van der Waals surface area contributed by atoms with E-state index in [9.17, 15) is 4.79 Å². The van der Waals surface area contributed by atoms with Gasteiger partial charge in [0.2, 0.25) is 5.91 Å².